The van der Waals surface area contributed by atoms with Crippen molar-refractivity contribution in [1.82, 2.24) is 9.47 Å². The molecule has 0 saturated carbocycles. The van der Waals surface area contributed by atoms with E-state index in [4.69, 9.17) is 9.47 Å². The number of carbonyl (C=O) groups is 1. The zero-order valence-electron chi connectivity index (χ0n) is 14.9. The maximum Gasteiger partial charge on any atom is 0.322 e. The van der Waals surface area contributed by atoms with Crippen molar-refractivity contribution in [2.75, 3.05) is 26.1 Å². The number of benzene rings is 2. The van der Waals surface area contributed by atoms with Crippen molar-refractivity contribution >= 4 is 22.6 Å². The lowest BCUT2D eigenvalue weighted by molar-refractivity contribution is 0.198. The molecule has 1 aliphatic rings. The lowest BCUT2D eigenvalue weighted by Crippen LogP contribution is -2.40. The third kappa shape index (κ3) is 2.94. The largest absolute Gasteiger partial charge is 0.497 e. The van der Waals surface area contributed by atoms with Crippen molar-refractivity contribution in [1.29, 1.82) is 0 Å². The molecule has 6 heteroatoms. The molecule has 134 valence electrons. The van der Waals surface area contributed by atoms with E-state index in [2.05, 4.69) is 22.0 Å². The van der Waals surface area contributed by atoms with Crippen molar-refractivity contribution in [2.45, 2.75) is 13.1 Å². The molecule has 2 heterocycles. The van der Waals surface area contributed by atoms with Gasteiger partial charge in [-0.05, 0) is 36.4 Å². The predicted octanol–water partition coefficient (Wildman–Crippen LogP) is 3.71. The van der Waals surface area contributed by atoms with Gasteiger partial charge in [-0.25, -0.2) is 4.79 Å². The van der Waals surface area contributed by atoms with E-state index < -0.39 is 0 Å². The minimum Gasteiger partial charge on any atom is -0.497 e. The summed E-state index contributed by atoms with van der Waals surface area (Å²) in [5.41, 5.74) is 3.03. The summed E-state index contributed by atoms with van der Waals surface area (Å²) in [5.74, 6) is 1.56. The number of fused-ring (bicyclic) bond motifs is 3. The highest BCUT2D eigenvalue weighted by molar-refractivity contribution is 5.90. The molecule has 0 bridgehead atoms. The van der Waals surface area contributed by atoms with Crippen LogP contribution in [0.15, 0.2) is 48.5 Å². The zero-order chi connectivity index (χ0) is 18.1. The van der Waals surface area contributed by atoms with Crippen LogP contribution in [-0.2, 0) is 13.1 Å². The summed E-state index contributed by atoms with van der Waals surface area (Å²) in [6, 6.07) is 15.5. The molecule has 1 aromatic heterocycles. The fraction of sp³-hybridized carbons (Fsp3) is 0.250. The minimum atomic E-state index is -0.104. The molecule has 0 radical (unpaired) electrons. The molecule has 0 fully saturated rings. The number of carbonyl (C=O) groups excluding carboxylic acids is 1. The average molecular weight is 351 g/mol. The van der Waals surface area contributed by atoms with Gasteiger partial charge in [0.25, 0.3) is 0 Å². The number of hydrogen-bond donors (Lipinski definition) is 1. The highest BCUT2D eigenvalue weighted by Crippen LogP contribution is 2.27. The van der Waals surface area contributed by atoms with Crippen LogP contribution < -0.4 is 14.8 Å². The Morgan fingerprint density at radius 2 is 1.81 bits per heavy atom. The van der Waals surface area contributed by atoms with Crippen LogP contribution in [0.4, 0.5) is 10.5 Å². The number of rotatable bonds is 3. The molecule has 0 unspecified atom stereocenters. The van der Waals surface area contributed by atoms with Gasteiger partial charge in [0.15, 0.2) is 0 Å². The molecule has 6 nitrogen and oxygen atoms in total. The van der Waals surface area contributed by atoms with Crippen molar-refractivity contribution in [2.24, 2.45) is 0 Å². The molecule has 2 amide bonds. The second-order valence-corrected chi connectivity index (χ2v) is 6.30. The average Bonchev–Trinajstić information content (AvgIpc) is 3.04. The minimum absolute atomic E-state index is 0.104. The Balaban J connectivity index is 1.53. The fourth-order valence-corrected chi connectivity index (χ4v) is 3.40. The van der Waals surface area contributed by atoms with Gasteiger partial charge in [0.1, 0.15) is 11.5 Å². The lowest BCUT2D eigenvalue weighted by Gasteiger charge is -2.29. The van der Waals surface area contributed by atoms with Crippen molar-refractivity contribution in [3.63, 3.8) is 0 Å². The molecule has 2 aromatic carbocycles. The fourth-order valence-electron chi connectivity index (χ4n) is 3.40. The molecular formula is C20H21N3O3. The Hall–Kier alpha value is -3.15. The maximum atomic E-state index is 12.6. The van der Waals surface area contributed by atoms with Crippen LogP contribution in [0, 0.1) is 0 Å². The number of nitrogens with one attached hydrogen (secondary N) is 1. The van der Waals surface area contributed by atoms with Crippen LogP contribution in [0.25, 0.3) is 10.9 Å². The van der Waals surface area contributed by atoms with Gasteiger partial charge in [-0.1, -0.05) is 6.07 Å². The van der Waals surface area contributed by atoms with E-state index in [9.17, 15) is 4.79 Å². The van der Waals surface area contributed by atoms with E-state index in [-0.39, 0.29) is 6.03 Å². The molecule has 0 spiro atoms. The SMILES string of the molecule is COc1cccc(NC(=O)N2CCn3c(cc4cc(OC)ccc43)C2)c1. The highest BCUT2D eigenvalue weighted by atomic mass is 16.5. The molecule has 0 aliphatic carbocycles. The predicted molar refractivity (Wildman–Crippen MR) is 101 cm³/mol. The normalized spacial score (nSPS) is 13.4. The Labute approximate surface area is 151 Å². The monoisotopic (exact) mass is 351 g/mol. The summed E-state index contributed by atoms with van der Waals surface area (Å²) >= 11 is 0. The van der Waals surface area contributed by atoms with E-state index in [1.54, 1.807) is 14.2 Å². The van der Waals surface area contributed by atoms with Gasteiger partial charge < -0.3 is 24.3 Å². The first-order valence-electron chi connectivity index (χ1n) is 8.54. The van der Waals surface area contributed by atoms with Crippen LogP contribution in [0.5, 0.6) is 11.5 Å². The van der Waals surface area contributed by atoms with E-state index in [1.807, 2.05) is 41.3 Å². The first-order valence-corrected chi connectivity index (χ1v) is 8.54. The highest BCUT2D eigenvalue weighted by Gasteiger charge is 2.22. The third-order valence-corrected chi connectivity index (χ3v) is 4.75. The van der Waals surface area contributed by atoms with E-state index in [0.29, 0.717) is 13.1 Å². The Bertz CT molecular complexity index is 964. The van der Waals surface area contributed by atoms with Gasteiger partial charge in [0.2, 0.25) is 0 Å². The van der Waals surface area contributed by atoms with Gasteiger partial charge in [0, 0.05) is 41.4 Å². The smallest absolute Gasteiger partial charge is 0.322 e. The van der Waals surface area contributed by atoms with Gasteiger partial charge in [-0.15, -0.1) is 0 Å². The zero-order valence-corrected chi connectivity index (χ0v) is 14.9. The molecule has 0 atom stereocenters. The summed E-state index contributed by atoms with van der Waals surface area (Å²) in [5, 5.41) is 4.08. The molecule has 3 aromatic rings. The van der Waals surface area contributed by atoms with E-state index in [1.165, 1.54) is 5.52 Å². The number of hydrogen-bond acceptors (Lipinski definition) is 3. The van der Waals surface area contributed by atoms with Crippen molar-refractivity contribution in [3.8, 4) is 11.5 Å². The number of amides is 2. The van der Waals surface area contributed by atoms with Crippen LogP contribution in [0.3, 0.4) is 0 Å². The van der Waals surface area contributed by atoms with E-state index >= 15 is 0 Å². The third-order valence-electron chi connectivity index (χ3n) is 4.75. The molecule has 1 aliphatic heterocycles. The van der Waals surface area contributed by atoms with Gasteiger partial charge in [-0.2, -0.15) is 0 Å². The summed E-state index contributed by atoms with van der Waals surface area (Å²) in [4.78, 5) is 14.5. The molecular weight excluding hydrogens is 330 g/mol. The van der Waals surface area contributed by atoms with Crippen LogP contribution in [-0.4, -0.2) is 36.3 Å². The number of nitrogens with zero attached hydrogens (tertiary/aromatic N) is 2. The maximum absolute atomic E-state index is 12.6. The second kappa shape index (κ2) is 6.63. The number of ether oxygens (including phenoxy) is 2. The molecule has 26 heavy (non-hydrogen) atoms. The number of aromatic nitrogens is 1. The van der Waals surface area contributed by atoms with Crippen LogP contribution in [0.1, 0.15) is 5.69 Å². The number of methoxy groups -OCH3 is 2. The van der Waals surface area contributed by atoms with Crippen LogP contribution >= 0.6 is 0 Å². The van der Waals surface area contributed by atoms with E-state index in [0.717, 1.165) is 34.8 Å². The Morgan fingerprint density at radius 3 is 2.62 bits per heavy atom. The summed E-state index contributed by atoms with van der Waals surface area (Å²) in [7, 11) is 3.28. The topological polar surface area (TPSA) is 55.7 Å². The number of urea groups is 1. The van der Waals surface area contributed by atoms with Gasteiger partial charge >= 0.3 is 6.03 Å². The second-order valence-electron chi connectivity index (χ2n) is 6.30. The summed E-state index contributed by atoms with van der Waals surface area (Å²) in [6.07, 6.45) is 0. The first kappa shape index (κ1) is 16.3. The van der Waals surface area contributed by atoms with Gasteiger partial charge in [0.05, 0.1) is 20.8 Å². The first-order chi connectivity index (χ1) is 12.7. The Kier molecular flexibility index (Phi) is 4.16. The Morgan fingerprint density at radius 1 is 1.00 bits per heavy atom. The van der Waals surface area contributed by atoms with Crippen molar-refractivity contribution in [3.05, 3.63) is 54.2 Å². The molecule has 4 rings (SSSR count). The van der Waals surface area contributed by atoms with Crippen LogP contribution in [0.2, 0.25) is 0 Å². The summed E-state index contributed by atoms with van der Waals surface area (Å²) < 4.78 is 12.8. The molecule has 1 N–H and O–H groups in total. The summed E-state index contributed by atoms with van der Waals surface area (Å²) in [6.45, 7) is 2.02. The van der Waals surface area contributed by atoms with Gasteiger partial charge in [-0.3, -0.25) is 0 Å². The standard InChI is InChI=1S/C20H21N3O3/c1-25-17-5-3-4-15(12-17)21-20(24)22-8-9-23-16(13-22)10-14-11-18(26-2)6-7-19(14)23/h3-7,10-12H,8-9,13H2,1-2H3,(H,21,24). The van der Waals surface area contributed by atoms with Crippen molar-refractivity contribution < 1.29 is 14.3 Å². The quantitative estimate of drug-likeness (QED) is 0.783. The molecule has 0 saturated heterocycles. The lowest BCUT2D eigenvalue weighted by atomic mass is 10.2. The number of anilines is 1.